The van der Waals surface area contributed by atoms with Crippen molar-refractivity contribution >= 4 is 0 Å². The van der Waals surface area contributed by atoms with E-state index in [0.29, 0.717) is 12.8 Å². The summed E-state index contributed by atoms with van der Waals surface area (Å²) in [5, 5.41) is 0. The molecular formula is C38H38F8O2. The molecule has 3 aromatic carbocycles. The van der Waals surface area contributed by atoms with Gasteiger partial charge in [0.15, 0.2) is 34.8 Å². The van der Waals surface area contributed by atoms with Crippen molar-refractivity contribution in [2.45, 2.75) is 90.9 Å². The Bertz CT molecular complexity index is 1470. The smallest absolute Gasteiger partial charge is 0.205 e. The molecule has 0 spiro atoms. The third kappa shape index (κ3) is 10.4. The number of benzene rings is 3. The van der Waals surface area contributed by atoms with Crippen LogP contribution < -0.4 is 9.47 Å². The predicted molar refractivity (Wildman–Crippen MR) is 169 cm³/mol. The summed E-state index contributed by atoms with van der Waals surface area (Å²) in [6.07, 6.45) is 10.5. The maximum Gasteiger partial charge on any atom is 0.205 e. The average Bonchev–Trinajstić information content (AvgIpc) is 3.08. The van der Waals surface area contributed by atoms with Crippen LogP contribution in [0.2, 0.25) is 0 Å². The van der Waals surface area contributed by atoms with Gasteiger partial charge in [-0.15, -0.1) is 0 Å². The van der Waals surface area contributed by atoms with Crippen LogP contribution in [0.15, 0.2) is 24.3 Å². The number of hydrogen-bond acceptors (Lipinski definition) is 2. The van der Waals surface area contributed by atoms with E-state index in [1.54, 1.807) is 0 Å². The highest BCUT2D eigenvalue weighted by Crippen LogP contribution is 2.31. The Kier molecular flexibility index (Phi) is 15.6. The standard InChI is InChI=1S/C38H38F8O2/c1-3-5-7-9-11-13-23-47-37-33(43)29(39)27(30(40)34(37)44)21-19-25-15-17-26(18-16-25)20-22-28-31(41)35(45)38(36(46)32(28)42)48-24-14-12-10-8-6-4-2/h15-18H,3-14,23-24H2,1-2H3. The molecule has 0 unspecified atom stereocenters. The Hall–Kier alpha value is -4.18. The molecule has 0 saturated heterocycles. The first-order valence-electron chi connectivity index (χ1n) is 16.2. The Morgan fingerprint density at radius 2 is 0.688 bits per heavy atom. The lowest BCUT2D eigenvalue weighted by molar-refractivity contribution is 0.263. The van der Waals surface area contributed by atoms with Crippen molar-refractivity contribution in [3.05, 3.63) is 93.1 Å². The lowest BCUT2D eigenvalue weighted by Gasteiger charge is -2.11. The van der Waals surface area contributed by atoms with E-state index in [9.17, 15) is 35.1 Å². The Morgan fingerprint density at radius 1 is 0.396 bits per heavy atom. The van der Waals surface area contributed by atoms with Gasteiger partial charge in [-0.05, 0) is 37.1 Å². The molecule has 0 aliphatic rings. The van der Waals surface area contributed by atoms with Gasteiger partial charge in [-0.3, -0.25) is 0 Å². The quantitative estimate of drug-likeness (QED) is 0.0650. The molecule has 0 aromatic heterocycles. The van der Waals surface area contributed by atoms with Gasteiger partial charge in [-0.2, -0.15) is 17.6 Å². The van der Waals surface area contributed by atoms with Gasteiger partial charge in [0.2, 0.25) is 23.3 Å². The number of ether oxygens (including phenoxy) is 2. The van der Waals surface area contributed by atoms with Crippen molar-refractivity contribution in [1.82, 2.24) is 0 Å². The summed E-state index contributed by atoms with van der Waals surface area (Å²) in [5.41, 5.74) is -1.97. The zero-order valence-corrected chi connectivity index (χ0v) is 27.0. The van der Waals surface area contributed by atoms with Gasteiger partial charge in [-0.1, -0.05) is 102 Å². The SMILES string of the molecule is CCCCCCCCOc1c(F)c(F)c(C#Cc2ccc(C#Cc3c(F)c(F)c(OCCCCCCCC)c(F)c3F)cc2)c(F)c1F. The zero-order valence-electron chi connectivity index (χ0n) is 27.0. The molecule has 258 valence electrons. The highest BCUT2D eigenvalue weighted by atomic mass is 19.2. The lowest BCUT2D eigenvalue weighted by Crippen LogP contribution is -2.08. The summed E-state index contributed by atoms with van der Waals surface area (Å²) >= 11 is 0. The molecule has 0 aliphatic heterocycles. The van der Waals surface area contributed by atoms with E-state index in [1.165, 1.54) is 24.3 Å². The minimum atomic E-state index is -1.70. The molecule has 0 radical (unpaired) electrons. The third-order valence-electron chi connectivity index (χ3n) is 7.48. The molecule has 0 aliphatic carbocycles. The first kappa shape index (κ1) is 38.3. The van der Waals surface area contributed by atoms with Crippen LogP contribution in [-0.2, 0) is 0 Å². The van der Waals surface area contributed by atoms with Crippen molar-refractivity contribution in [2.24, 2.45) is 0 Å². The van der Waals surface area contributed by atoms with Crippen LogP contribution in [0.4, 0.5) is 35.1 Å². The molecule has 0 heterocycles. The van der Waals surface area contributed by atoms with Crippen LogP contribution in [-0.4, -0.2) is 13.2 Å². The van der Waals surface area contributed by atoms with Gasteiger partial charge in [0, 0.05) is 11.1 Å². The van der Waals surface area contributed by atoms with E-state index in [2.05, 4.69) is 37.5 Å². The topological polar surface area (TPSA) is 18.5 Å². The largest absolute Gasteiger partial charge is 0.487 e. The van der Waals surface area contributed by atoms with Crippen molar-refractivity contribution in [3.63, 3.8) is 0 Å². The molecule has 3 aromatic rings. The molecule has 0 bridgehead atoms. The summed E-state index contributed by atoms with van der Waals surface area (Å²) in [4.78, 5) is 0. The van der Waals surface area contributed by atoms with Gasteiger partial charge >= 0.3 is 0 Å². The van der Waals surface area contributed by atoms with Crippen LogP contribution in [0.25, 0.3) is 0 Å². The molecule has 0 amide bonds. The molecule has 0 saturated carbocycles. The summed E-state index contributed by atoms with van der Waals surface area (Å²) in [7, 11) is 0. The average molecular weight is 679 g/mol. The normalized spacial score (nSPS) is 10.7. The monoisotopic (exact) mass is 678 g/mol. The van der Waals surface area contributed by atoms with Gasteiger partial charge in [0.25, 0.3) is 0 Å². The Morgan fingerprint density at radius 3 is 1.00 bits per heavy atom. The first-order valence-corrected chi connectivity index (χ1v) is 16.2. The lowest BCUT2D eigenvalue weighted by atomic mass is 10.1. The number of unbranched alkanes of at least 4 members (excludes halogenated alkanes) is 10. The predicted octanol–water partition coefficient (Wildman–Crippen LogP) is 11.1. The second-order valence-corrected chi connectivity index (χ2v) is 11.2. The number of halogens is 8. The second kappa shape index (κ2) is 19.6. The fourth-order valence-electron chi connectivity index (χ4n) is 4.72. The van der Waals surface area contributed by atoms with Gasteiger partial charge in [0.05, 0.1) is 13.2 Å². The summed E-state index contributed by atoms with van der Waals surface area (Å²) in [6, 6.07) is 5.24. The van der Waals surface area contributed by atoms with E-state index >= 15 is 0 Å². The van der Waals surface area contributed by atoms with Crippen molar-refractivity contribution in [3.8, 4) is 35.2 Å². The maximum atomic E-state index is 14.6. The molecule has 10 heteroatoms. The second-order valence-electron chi connectivity index (χ2n) is 11.2. The minimum absolute atomic E-state index is 0.110. The zero-order chi connectivity index (χ0) is 35.1. The third-order valence-corrected chi connectivity index (χ3v) is 7.48. The van der Waals surface area contributed by atoms with Crippen LogP contribution in [0, 0.1) is 70.2 Å². The fraction of sp³-hybridized carbons (Fsp3) is 0.421. The van der Waals surface area contributed by atoms with Crippen LogP contribution in [0.1, 0.15) is 113 Å². The Balaban J connectivity index is 1.69. The highest BCUT2D eigenvalue weighted by molar-refractivity contribution is 5.51. The molecule has 0 fully saturated rings. The highest BCUT2D eigenvalue weighted by Gasteiger charge is 2.27. The van der Waals surface area contributed by atoms with Crippen LogP contribution in [0.3, 0.4) is 0 Å². The molecule has 0 atom stereocenters. The van der Waals surface area contributed by atoms with E-state index in [0.717, 1.165) is 64.2 Å². The molecule has 48 heavy (non-hydrogen) atoms. The molecular weight excluding hydrogens is 640 g/mol. The maximum absolute atomic E-state index is 14.6. The van der Waals surface area contributed by atoms with Gasteiger partial charge in [-0.25, -0.2) is 17.6 Å². The summed E-state index contributed by atoms with van der Waals surface area (Å²) < 4.78 is 127. The van der Waals surface area contributed by atoms with E-state index in [4.69, 9.17) is 9.47 Å². The van der Waals surface area contributed by atoms with Gasteiger partial charge in [0.1, 0.15) is 11.1 Å². The number of hydrogen-bond donors (Lipinski definition) is 0. The fourth-order valence-corrected chi connectivity index (χ4v) is 4.72. The van der Waals surface area contributed by atoms with Gasteiger partial charge < -0.3 is 9.47 Å². The van der Waals surface area contributed by atoms with Crippen LogP contribution >= 0.6 is 0 Å². The van der Waals surface area contributed by atoms with Crippen molar-refractivity contribution < 1.29 is 44.6 Å². The van der Waals surface area contributed by atoms with Crippen molar-refractivity contribution in [1.29, 1.82) is 0 Å². The molecule has 2 nitrogen and oxygen atoms in total. The first-order chi connectivity index (χ1) is 23.1. The van der Waals surface area contributed by atoms with E-state index in [-0.39, 0.29) is 24.3 Å². The molecule has 3 rings (SSSR count). The minimum Gasteiger partial charge on any atom is -0.487 e. The number of rotatable bonds is 16. The summed E-state index contributed by atoms with van der Waals surface area (Å²) in [6.45, 7) is 3.91. The summed E-state index contributed by atoms with van der Waals surface area (Å²) in [5.74, 6) is -6.97. The van der Waals surface area contributed by atoms with Crippen LogP contribution in [0.5, 0.6) is 11.5 Å². The molecule has 0 N–H and O–H groups in total. The van der Waals surface area contributed by atoms with E-state index < -0.39 is 69.2 Å². The Labute approximate surface area is 276 Å². The van der Waals surface area contributed by atoms with Crippen molar-refractivity contribution in [2.75, 3.05) is 13.2 Å². The van der Waals surface area contributed by atoms with E-state index in [1.807, 2.05) is 0 Å².